The first-order valence-electron chi connectivity index (χ1n) is 7.71. The fraction of sp³-hybridized carbons (Fsp3) is 0.588. The molecule has 1 heterocycles. The Bertz CT molecular complexity index is 514. The van der Waals surface area contributed by atoms with Crippen molar-refractivity contribution < 1.29 is 4.79 Å². The Labute approximate surface area is 132 Å². The largest absolute Gasteiger partial charge is 0.385 e. The molecule has 1 aliphatic heterocycles. The van der Waals surface area contributed by atoms with Gasteiger partial charge < -0.3 is 10.2 Å². The van der Waals surface area contributed by atoms with Crippen LogP contribution in [0.2, 0.25) is 0 Å². The van der Waals surface area contributed by atoms with E-state index in [0.29, 0.717) is 0 Å². The van der Waals surface area contributed by atoms with E-state index in [1.54, 1.807) is 0 Å². The molecule has 1 saturated heterocycles. The molecule has 1 aromatic carbocycles. The molecule has 0 bridgehead atoms. The molecule has 21 heavy (non-hydrogen) atoms. The molecule has 116 valence electrons. The van der Waals surface area contributed by atoms with Crippen LogP contribution >= 0.6 is 11.8 Å². The Morgan fingerprint density at radius 3 is 2.86 bits per heavy atom. The van der Waals surface area contributed by atoms with Crippen LogP contribution in [-0.4, -0.2) is 40.9 Å². The predicted molar refractivity (Wildman–Crippen MR) is 92.4 cm³/mol. The van der Waals surface area contributed by atoms with Gasteiger partial charge in [0.15, 0.2) is 0 Å². The first-order valence-corrected chi connectivity index (χ1v) is 8.69. The lowest BCUT2D eigenvalue weighted by Gasteiger charge is -2.24. The van der Waals surface area contributed by atoms with Gasteiger partial charge >= 0.3 is 0 Å². The van der Waals surface area contributed by atoms with E-state index in [9.17, 15) is 4.79 Å². The molecular formula is C17H26N2OS. The Morgan fingerprint density at radius 1 is 1.38 bits per heavy atom. The summed E-state index contributed by atoms with van der Waals surface area (Å²) in [5.74, 6) is 1.18. The van der Waals surface area contributed by atoms with Crippen LogP contribution in [0.5, 0.6) is 0 Å². The van der Waals surface area contributed by atoms with Gasteiger partial charge in [-0.2, -0.15) is 11.8 Å². The molecule has 1 N–H and O–H groups in total. The van der Waals surface area contributed by atoms with E-state index in [0.717, 1.165) is 48.6 Å². The van der Waals surface area contributed by atoms with Crippen molar-refractivity contribution in [3.8, 4) is 0 Å². The molecule has 1 aromatic rings. The second-order valence-corrected chi connectivity index (χ2v) is 8.03. The molecule has 1 aliphatic rings. The van der Waals surface area contributed by atoms with Gasteiger partial charge in [-0.3, -0.25) is 4.79 Å². The van der Waals surface area contributed by atoms with Crippen molar-refractivity contribution in [3.05, 3.63) is 29.3 Å². The van der Waals surface area contributed by atoms with Crippen molar-refractivity contribution >= 4 is 23.4 Å². The molecule has 1 fully saturated rings. The summed E-state index contributed by atoms with van der Waals surface area (Å²) < 4.78 is 0.270. The summed E-state index contributed by atoms with van der Waals surface area (Å²) in [5.41, 5.74) is 2.88. The Kier molecular flexibility index (Phi) is 5.20. The van der Waals surface area contributed by atoms with Gasteiger partial charge in [-0.15, -0.1) is 0 Å². The topological polar surface area (TPSA) is 32.3 Å². The molecule has 4 heteroatoms. The molecule has 0 aromatic heterocycles. The van der Waals surface area contributed by atoms with Crippen LogP contribution in [0.1, 0.15) is 43.1 Å². The summed E-state index contributed by atoms with van der Waals surface area (Å²) in [7, 11) is 0. The third-order valence-corrected chi connectivity index (χ3v) is 5.27. The van der Waals surface area contributed by atoms with Crippen LogP contribution < -0.4 is 5.32 Å². The van der Waals surface area contributed by atoms with Gasteiger partial charge in [-0.25, -0.2) is 0 Å². The zero-order chi connectivity index (χ0) is 15.5. The first kappa shape index (κ1) is 16.2. The summed E-state index contributed by atoms with van der Waals surface area (Å²) >= 11 is 1.97. The Balaban J connectivity index is 2.21. The number of carbonyl (C=O) groups is 1. The zero-order valence-corrected chi connectivity index (χ0v) is 14.3. The first-order chi connectivity index (χ1) is 9.93. The average molecular weight is 306 g/mol. The fourth-order valence-electron chi connectivity index (χ4n) is 2.57. The maximum Gasteiger partial charge on any atom is 0.255 e. The Morgan fingerprint density at radius 2 is 2.14 bits per heavy atom. The molecule has 0 aliphatic carbocycles. The van der Waals surface area contributed by atoms with Gasteiger partial charge in [-0.05, 0) is 32.4 Å². The highest BCUT2D eigenvalue weighted by Gasteiger charge is 2.27. The highest BCUT2D eigenvalue weighted by atomic mass is 32.2. The van der Waals surface area contributed by atoms with Gasteiger partial charge in [0.25, 0.3) is 5.91 Å². The van der Waals surface area contributed by atoms with Crippen molar-refractivity contribution in [2.24, 2.45) is 0 Å². The highest BCUT2D eigenvalue weighted by Crippen LogP contribution is 2.31. The van der Waals surface area contributed by atoms with Crippen molar-refractivity contribution in [2.45, 2.75) is 38.9 Å². The summed E-state index contributed by atoms with van der Waals surface area (Å²) in [6.45, 7) is 11.1. The van der Waals surface area contributed by atoms with E-state index in [1.807, 2.05) is 35.7 Å². The molecule has 0 spiro atoms. The van der Waals surface area contributed by atoms with Crippen molar-refractivity contribution in [2.75, 3.05) is 30.7 Å². The maximum absolute atomic E-state index is 12.9. The van der Waals surface area contributed by atoms with E-state index in [-0.39, 0.29) is 10.7 Å². The minimum Gasteiger partial charge on any atom is -0.385 e. The maximum atomic E-state index is 12.9. The van der Waals surface area contributed by atoms with Gasteiger partial charge in [0.1, 0.15) is 0 Å². The molecule has 0 unspecified atom stereocenters. The third-order valence-electron chi connectivity index (χ3n) is 3.90. The van der Waals surface area contributed by atoms with E-state index < -0.39 is 0 Å². The van der Waals surface area contributed by atoms with Crippen LogP contribution in [-0.2, 0) is 0 Å². The summed E-state index contributed by atoms with van der Waals surface area (Å²) in [4.78, 5) is 14.9. The van der Waals surface area contributed by atoms with Gasteiger partial charge in [0, 0.05) is 35.8 Å². The van der Waals surface area contributed by atoms with Gasteiger partial charge in [-0.1, -0.05) is 25.5 Å². The number of nitrogens with one attached hydrogen (secondary N) is 1. The monoisotopic (exact) mass is 306 g/mol. The van der Waals surface area contributed by atoms with E-state index in [1.165, 1.54) is 0 Å². The number of hydrogen-bond acceptors (Lipinski definition) is 3. The molecule has 2 rings (SSSR count). The summed E-state index contributed by atoms with van der Waals surface area (Å²) in [6, 6.07) is 6.07. The van der Waals surface area contributed by atoms with Crippen molar-refractivity contribution in [3.63, 3.8) is 0 Å². The van der Waals surface area contributed by atoms with Crippen molar-refractivity contribution in [1.82, 2.24) is 4.90 Å². The second-order valence-electron chi connectivity index (χ2n) is 6.23. The number of carbonyl (C=O) groups excluding carboxylic acids is 1. The standard InChI is InChI=1S/C17H26N2OS/c1-5-18-15-7-6-13(2)12-14(15)16(20)19-9-8-17(3,4)21-11-10-19/h6-7,12,18H,5,8-11H2,1-4H3. The number of thioether (sulfide) groups is 1. The van der Waals surface area contributed by atoms with Crippen molar-refractivity contribution in [1.29, 1.82) is 0 Å². The number of nitrogens with zero attached hydrogens (tertiary/aromatic N) is 1. The van der Waals surface area contributed by atoms with Crippen LogP contribution in [0, 0.1) is 6.92 Å². The number of amides is 1. The number of benzene rings is 1. The van der Waals surface area contributed by atoms with Crippen LogP contribution in [0.3, 0.4) is 0 Å². The Hall–Kier alpha value is -1.16. The normalized spacial score (nSPS) is 18.2. The number of rotatable bonds is 3. The minimum atomic E-state index is 0.160. The van der Waals surface area contributed by atoms with E-state index in [4.69, 9.17) is 0 Å². The SMILES string of the molecule is CCNc1ccc(C)cc1C(=O)N1CCSC(C)(C)CC1. The summed E-state index contributed by atoms with van der Waals surface area (Å²) in [5, 5.41) is 3.30. The molecule has 0 atom stereocenters. The number of hydrogen-bond donors (Lipinski definition) is 1. The lowest BCUT2D eigenvalue weighted by molar-refractivity contribution is 0.0765. The summed E-state index contributed by atoms with van der Waals surface area (Å²) in [6.07, 6.45) is 1.05. The number of anilines is 1. The lowest BCUT2D eigenvalue weighted by atomic mass is 10.1. The fourth-order valence-corrected chi connectivity index (χ4v) is 3.67. The van der Waals surface area contributed by atoms with E-state index >= 15 is 0 Å². The molecule has 3 nitrogen and oxygen atoms in total. The third kappa shape index (κ3) is 4.16. The predicted octanol–water partition coefficient (Wildman–Crippen LogP) is 3.78. The van der Waals surface area contributed by atoms with Crippen LogP contribution in [0.4, 0.5) is 5.69 Å². The smallest absolute Gasteiger partial charge is 0.255 e. The molecule has 1 amide bonds. The second kappa shape index (κ2) is 6.73. The highest BCUT2D eigenvalue weighted by molar-refractivity contribution is 8.00. The molecular weight excluding hydrogens is 280 g/mol. The van der Waals surface area contributed by atoms with Gasteiger partial charge in [0.2, 0.25) is 0 Å². The zero-order valence-electron chi connectivity index (χ0n) is 13.5. The quantitative estimate of drug-likeness (QED) is 0.922. The average Bonchev–Trinajstić information content (AvgIpc) is 2.61. The minimum absolute atomic E-state index is 0.160. The van der Waals surface area contributed by atoms with Gasteiger partial charge in [0.05, 0.1) is 5.56 Å². The van der Waals surface area contributed by atoms with Crippen LogP contribution in [0.25, 0.3) is 0 Å². The lowest BCUT2D eigenvalue weighted by Crippen LogP contribution is -2.34. The van der Waals surface area contributed by atoms with Crippen LogP contribution in [0.15, 0.2) is 18.2 Å². The molecule has 0 saturated carbocycles. The number of aryl methyl sites for hydroxylation is 1. The molecule has 0 radical (unpaired) electrons. The van der Waals surface area contributed by atoms with E-state index in [2.05, 4.69) is 32.2 Å².